The van der Waals surface area contributed by atoms with E-state index in [1.807, 2.05) is 6.92 Å². The molecule has 4 nitrogen and oxygen atoms in total. The van der Waals surface area contributed by atoms with Gasteiger partial charge in [0.15, 0.2) is 0 Å². The van der Waals surface area contributed by atoms with Crippen LogP contribution in [0.25, 0.3) is 0 Å². The molecule has 1 heterocycles. The molecule has 0 saturated carbocycles. The van der Waals surface area contributed by atoms with Crippen molar-refractivity contribution in [2.45, 2.75) is 30.8 Å². The topological polar surface area (TPSA) is 52.6 Å². The van der Waals surface area contributed by atoms with Gasteiger partial charge in [-0.3, -0.25) is 4.79 Å². The lowest BCUT2D eigenvalue weighted by Gasteiger charge is -2.30. The summed E-state index contributed by atoms with van der Waals surface area (Å²) >= 11 is 3.49. The summed E-state index contributed by atoms with van der Waals surface area (Å²) in [6, 6.07) is 0. The Morgan fingerprint density at radius 2 is 1.94 bits per heavy atom. The maximum absolute atomic E-state index is 11.5. The van der Waals surface area contributed by atoms with Gasteiger partial charge in [-0.15, -0.1) is 23.5 Å². The Bertz CT molecular complexity index is 262. The average molecular weight is 264 g/mol. The lowest BCUT2D eigenvalue weighted by atomic mass is 10.3. The van der Waals surface area contributed by atoms with Crippen molar-refractivity contribution in [1.29, 1.82) is 0 Å². The van der Waals surface area contributed by atoms with Crippen molar-refractivity contribution in [3.63, 3.8) is 0 Å². The number of rotatable bonds is 3. The van der Waals surface area contributed by atoms with Crippen LogP contribution in [0.1, 0.15) is 26.7 Å². The summed E-state index contributed by atoms with van der Waals surface area (Å²) in [7, 11) is 0. The first-order valence-electron chi connectivity index (χ1n) is 5.21. The van der Waals surface area contributed by atoms with Gasteiger partial charge >= 0.3 is 12.1 Å². The minimum Gasteiger partial charge on any atom is -0.434 e. The van der Waals surface area contributed by atoms with Crippen LogP contribution < -0.4 is 0 Å². The van der Waals surface area contributed by atoms with Gasteiger partial charge < -0.3 is 9.47 Å². The molecule has 1 aliphatic rings. The molecule has 0 spiro atoms. The second-order valence-electron chi connectivity index (χ2n) is 3.52. The molecule has 1 aliphatic heterocycles. The highest BCUT2D eigenvalue weighted by molar-refractivity contribution is 8.18. The van der Waals surface area contributed by atoms with E-state index in [-0.39, 0.29) is 17.1 Å². The van der Waals surface area contributed by atoms with E-state index < -0.39 is 12.1 Å². The molecule has 0 aromatic carbocycles. The largest absolute Gasteiger partial charge is 0.516 e. The summed E-state index contributed by atoms with van der Waals surface area (Å²) in [6.07, 6.45) is 0.501. The van der Waals surface area contributed by atoms with Crippen LogP contribution in [0, 0.1) is 0 Å². The number of hydrogen-bond donors (Lipinski definition) is 0. The Morgan fingerprint density at radius 1 is 1.31 bits per heavy atom. The molecule has 92 valence electrons. The number of carbonyl (C=O) groups excluding carboxylic acids is 2. The molecule has 0 atom stereocenters. The first-order chi connectivity index (χ1) is 7.56. The summed E-state index contributed by atoms with van der Waals surface area (Å²) in [5.74, 6) is 1.59. The van der Waals surface area contributed by atoms with Crippen LogP contribution >= 0.6 is 23.5 Å². The molecule has 0 amide bonds. The maximum atomic E-state index is 11.5. The summed E-state index contributed by atoms with van der Waals surface area (Å²) in [5.41, 5.74) is 0. The molecule has 0 N–H and O–H groups in total. The molecular formula is C10H16O4S2. The summed E-state index contributed by atoms with van der Waals surface area (Å²) < 4.78 is 8.91. The fraction of sp³-hybridized carbons (Fsp3) is 0.800. The molecule has 0 aromatic heterocycles. The standard InChI is InChI=1S/C10H16O4S2/c1-3-13-9(12)14-8(11)7-10(2)15-5-4-6-16-10/h3-7H2,1-2H3. The molecule has 0 aliphatic carbocycles. The van der Waals surface area contributed by atoms with Crippen LogP contribution in [0.3, 0.4) is 0 Å². The minimum absolute atomic E-state index is 0.165. The van der Waals surface area contributed by atoms with E-state index in [1.54, 1.807) is 30.4 Å². The molecule has 1 fully saturated rings. The third kappa shape index (κ3) is 4.65. The zero-order valence-corrected chi connectivity index (χ0v) is 11.1. The summed E-state index contributed by atoms with van der Waals surface area (Å²) in [4.78, 5) is 22.4. The summed E-state index contributed by atoms with van der Waals surface area (Å²) in [6.45, 7) is 3.89. The highest BCUT2D eigenvalue weighted by Crippen LogP contribution is 2.44. The first kappa shape index (κ1) is 13.7. The van der Waals surface area contributed by atoms with Gasteiger partial charge in [-0.2, -0.15) is 0 Å². The van der Waals surface area contributed by atoms with Crippen molar-refractivity contribution in [1.82, 2.24) is 0 Å². The van der Waals surface area contributed by atoms with Crippen LogP contribution in [0.5, 0.6) is 0 Å². The molecule has 0 aromatic rings. The Kier molecular flexibility index (Phi) is 5.48. The molecule has 1 rings (SSSR count). The van der Waals surface area contributed by atoms with Crippen molar-refractivity contribution in [2.75, 3.05) is 18.1 Å². The lowest BCUT2D eigenvalue weighted by Crippen LogP contribution is -2.27. The predicted octanol–water partition coefficient (Wildman–Crippen LogP) is 2.66. The molecule has 6 heteroatoms. The monoisotopic (exact) mass is 264 g/mol. The predicted molar refractivity (Wildman–Crippen MR) is 65.7 cm³/mol. The van der Waals surface area contributed by atoms with Gasteiger partial charge in [-0.25, -0.2) is 4.79 Å². The summed E-state index contributed by atoms with van der Waals surface area (Å²) in [5, 5.41) is 0. The molecule has 1 saturated heterocycles. The number of ether oxygens (including phenoxy) is 2. The van der Waals surface area contributed by atoms with E-state index in [2.05, 4.69) is 9.47 Å². The van der Waals surface area contributed by atoms with Gasteiger partial charge in [0, 0.05) is 0 Å². The van der Waals surface area contributed by atoms with E-state index in [0.717, 1.165) is 17.9 Å². The molecule has 0 bridgehead atoms. The second kappa shape index (κ2) is 6.39. The smallest absolute Gasteiger partial charge is 0.434 e. The van der Waals surface area contributed by atoms with Crippen LogP contribution in [0.15, 0.2) is 0 Å². The quantitative estimate of drug-likeness (QED) is 0.577. The van der Waals surface area contributed by atoms with E-state index in [1.165, 1.54) is 0 Å². The minimum atomic E-state index is -0.901. The van der Waals surface area contributed by atoms with E-state index in [9.17, 15) is 9.59 Å². The van der Waals surface area contributed by atoms with Gasteiger partial charge in [0.25, 0.3) is 0 Å². The zero-order valence-electron chi connectivity index (χ0n) is 9.49. The van der Waals surface area contributed by atoms with E-state index in [4.69, 9.17) is 0 Å². The van der Waals surface area contributed by atoms with E-state index >= 15 is 0 Å². The number of hydrogen-bond acceptors (Lipinski definition) is 6. The zero-order chi connectivity index (χ0) is 12.0. The normalized spacial score (nSPS) is 18.9. The number of carbonyl (C=O) groups is 2. The Labute approximate surface area is 104 Å². The first-order valence-corrected chi connectivity index (χ1v) is 7.18. The van der Waals surface area contributed by atoms with E-state index in [0.29, 0.717) is 0 Å². The van der Waals surface area contributed by atoms with Gasteiger partial charge in [0.05, 0.1) is 17.1 Å². The molecule has 16 heavy (non-hydrogen) atoms. The van der Waals surface area contributed by atoms with Crippen molar-refractivity contribution in [2.24, 2.45) is 0 Å². The Morgan fingerprint density at radius 3 is 2.50 bits per heavy atom. The van der Waals surface area contributed by atoms with Gasteiger partial charge in [0.2, 0.25) is 0 Å². The van der Waals surface area contributed by atoms with Crippen molar-refractivity contribution >= 4 is 35.6 Å². The highest BCUT2D eigenvalue weighted by Gasteiger charge is 2.32. The van der Waals surface area contributed by atoms with Crippen molar-refractivity contribution < 1.29 is 19.1 Å². The lowest BCUT2D eigenvalue weighted by molar-refractivity contribution is -0.139. The van der Waals surface area contributed by atoms with Crippen molar-refractivity contribution in [3.8, 4) is 0 Å². The second-order valence-corrected chi connectivity index (χ2v) is 6.97. The fourth-order valence-electron chi connectivity index (χ4n) is 1.32. The van der Waals surface area contributed by atoms with Crippen LogP contribution in [0.2, 0.25) is 0 Å². The van der Waals surface area contributed by atoms with Crippen LogP contribution in [-0.4, -0.2) is 34.3 Å². The third-order valence-corrected chi connectivity index (χ3v) is 5.23. The SMILES string of the molecule is CCOC(=O)OC(=O)CC1(C)SCCCS1. The van der Waals surface area contributed by atoms with Crippen LogP contribution in [-0.2, 0) is 14.3 Å². The van der Waals surface area contributed by atoms with Crippen molar-refractivity contribution in [3.05, 3.63) is 0 Å². The number of thioether (sulfide) groups is 2. The highest BCUT2D eigenvalue weighted by atomic mass is 32.2. The number of esters is 1. The van der Waals surface area contributed by atoms with Crippen LogP contribution in [0.4, 0.5) is 4.79 Å². The van der Waals surface area contributed by atoms with Gasteiger partial charge in [-0.1, -0.05) is 0 Å². The average Bonchev–Trinajstić information content (AvgIpc) is 2.17. The Hall–Kier alpha value is -0.360. The fourth-order valence-corrected chi connectivity index (χ4v) is 4.21. The maximum Gasteiger partial charge on any atom is 0.516 e. The molecular weight excluding hydrogens is 248 g/mol. The van der Waals surface area contributed by atoms with Gasteiger partial charge in [0.1, 0.15) is 0 Å². The third-order valence-electron chi connectivity index (χ3n) is 2.03. The Balaban J connectivity index is 2.35. The molecule has 0 unspecified atom stereocenters. The molecule has 0 radical (unpaired) electrons. The van der Waals surface area contributed by atoms with Gasteiger partial charge in [-0.05, 0) is 31.8 Å².